The monoisotopic (exact) mass is 314 g/mol. The molecule has 0 radical (unpaired) electrons. The van der Waals surface area contributed by atoms with Crippen LogP contribution in [0.3, 0.4) is 0 Å². The second-order valence-corrected chi connectivity index (χ2v) is 5.68. The van der Waals surface area contributed by atoms with E-state index in [0.29, 0.717) is 18.0 Å². The fourth-order valence-electron chi connectivity index (χ4n) is 1.97. The lowest BCUT2D eigenvalue weighted by molar-refractivity contribution is -0.0867. The van der Waals surface area contributed by atoms with Crippen molar-refractivity contribution in [2.24, 2.45) is 0 Å². The minimum atomic E-state index is 0.111. The first kappa shape index (κ1) is 13.8. The molecular formula is C14H19BrO3. The lowest BCUT2D eigenvalue weighted by Crippen LogP contribution is -2.52. The average Bonchev–Trinajstić information content (AvgIpc) is 2.36. The van der Waals surface area contributed by atoms with E-state index in [9.17, 15) is 0 Å². The van der Waals surface area contributed by atoms with Crippen molar-refractivity contribution in [2.45, 2.75) is 30.4 Å². The lowest BCUT2D eigenvalue weighted by atomic mass is 9.91. The van der Waals surface area contributed by atoms with Gasteiger partial charge in [-0.3, -0.25) is 0 Å². The second kappa shape index (κ2) is 6.55. The molecule has 100 valence electrons. The van der Waals surface area contributed by atoms with Crippen molar-refractivity contribution < 1.29 is 14.2 Å². The summed E-state index contributed by atoms with van der Waals surface area (Å²) < 4.78 is 16.7. The third-order valence-electron chi connectivity index (χ3n) is 3.15. The third-order valence-corrected chi connectivity index (χ3v) is 4.04. The van der Waals surface area contributed by atoms with Crippen molar-refractivity contribution in [3.05, 3.63) is 29.8 Å². The van der Waals surface area contributed by atoms with Crippen LogP contribution in [-0.4, -0.2) is 37.4 Å². The van der Waals surface area contributed by atoms with Crippen molar-refractivity contribution in [2.75, 3.05) is 20.3 Å². The molecule has 1 aromatic carbocycles. The number of hydrogen-bond donors (Lipinski definition) is 0. The van der Waals surface area contributed by atoms with Crippen LogP contribution in [0.1, 0.15) is 12.0 Å². The van der Waals surface area contributed by atoms with Gasteiger partial charge in [0.15, 0.2) is 0 Å². The summed E-state index contributed by atoms with van der Waals surface area (Å²) >= 11 is 3.61. The first-order valence-corrected chi connectivity index (χ1v) is 7.11. The van der Waals surface area contributed by atoms with Crippen molar-refractivity contribution in [3.63, 3.8) is 0 Å². The summed E-state index contributed by atoms with van der Waals surface area (Å²) in [6, 6.07) is 8.07. The molecule has 0 heterocycles. The smallest absolute Gasteiger partial charge is 0.127 e. The van der Waals surface area contributed by atoms with E-state index in [1.165, 1.54) is 0 Å². The zero-order valence-electron chi connectivity index (χ0n) is 10.8. The highest BCUT2D eigenvalue weighted by Crippen LogP contribution is 2.34. The average molecular weight is 315 g/mol. The van der Waals surface area contributed by atoms with Gasteiger partial charge in [-0.1, -0.05) is 34.1 Å². The molecule has 3 nitrogen and oxygen atoms in total. The molecular weight excluding hydrogens is 296 g/mol. The van der Waals surface area contributed by atoms with Gasteiger partial charge in [-0.15, -0.1) is 0 Å². The maximum absolute atomic E-state index is 6.00. The van der Waals surface area contributed by atoms with Crippen LogP contribution in [0.4, 0.5) is 0 Å². The molecule has 2 rings (SSSR count). The van der Waals surface area contributed by atoms with Crippen LogP contribution < -0.4 is 4.74 Å². The van der Waals surface area contributed by atoms with E-state index >= 15 is 0 Å². The Bertz CT molecular complexity index is 383. The highest BCUT2D eigenvalue weighted by Gasteiger charge is 2.42. The number of halogens is 1. The minimum Gasteiger partial charge on any atom is -0.487 e. The molecule has 0 N–H and O–H groups in total. The molecule has 0 saturated heterocycles. The number of methoxy groups -OCH3 is 1. The van der Waals surface area contributed by atoms with Crippen LogP contribution in [-0.2, 0) is 9.47 Å². The standard InChI is InChI=1S/C14H19BrO3/c1-10-5-3-4-6-12(10)18-13-9-11(15)14(13)17-8-7-16-2/h3-6,11,13-14H,7-9H2,1-2H3. The van der Waals surface area contributed by atoms with E-state index < -0.39 is 0 Å². The summed E-state index contributed by atoms with van der Waals surface area (Å²) in [5.41, 5.74) is 1.16. The highest BCUT2D eigenvalue weighted by atomic mass is 79.9. The van der Waals surface area contributed by atoms with Gasteiger partial charge in [0.05, 0.1) is 13.2 Å². The molecule has 18 heavy (non-hydrogen) atoms. The third kappa shape index (κ3) is 3.25. The molecule has 1 fully saturated rings. The molecule has 3 atom stereocenters. The van der Waals surface area contributed by atoms with Crippen molar-refractivity contribution in [3.8, 4) is 5.75 Å². The maximum atomic E-state index is 6.00. The second-order valence-electron chi connectivity index (χ2n) is 4.50. The van der Waals surface area contributed by atoms with Crippen LogP contribution in [0.2, 0.25) is 0 Å². The van der Waals surface area contributed by atoms with Crippen molar-refractivity contribution in [1.82, 2.24) is 0 Å². The van der Waals surface area contributed by atoms with Crippen LogP contribution in [0.25, 0.3) is 0 Å². The van der Waals surface area contributed by atoms with E-state index in [2.05, 4.69) is 28.9 Å². The fourth-order valence-corrected chi connectivity index (χ4v) is 2.83. The van der Waals surface area contributed by atoms with Crippen LogP contribution >= 0.6 is 15.9 Å². The Kier molecular flexibility index (Phi) is 5.03. The van der Waals surface area contributed by atoms with Crippen molar-refractivity contribution >= 4 is 15.9 Å². The van der Waals surface area contributed by atoms with Gasteiger partial charge in [0, 0.05) is 18.4 Å². The quantitative estimate of drug-likeness (QED) is 0.597. The SMILES string of the molecule is COCCOC1C(Br)CC1Oc1ccccc1C. The molecule has 1 saturated carbocycles. The molecule has 0 aliphatic heterocycles. The predicted octanol–water partition coefficient (Wildman–Crippen LogP) is 2.94. The number of rotatable bonds is 6. The molecule has 0 aromatic heterocycles. The molecule has 1 aliphatic carbocycles. The minimum absolute atomic E-state index is 0.111. The highest BCUT2D eigenvalue weighted by molar-refractivity contribution is 9.09. The first-order valence-electron chi connectivity index (χ1n) is 6.19. The first-order chi connectivity index (χ1) is 8.72. The van der Waals surface area contributed by atoms with E-state index in [-0.39, 0.29) is 12.2 Å². The summed E-state index contributed by atoms with van der Waals surface area (Å²) in [6.07, 6.45) is 1.22. The van der Waals surface area contributed by atoms with Gasteiger partial charge in [-0.2, -0.15) is 0 Å². The molecule has 1 aromatic rings. The molecule has 3 unspecified atom stereocenters. The Morgan fingerprint density at radius 2 is 2.06 bits per heavy atom. The van der Waals surface area contributed by atoms with E-state index in [0.717, 1.165) is 17.7 Å². The van der Waals surface area contributed by atoms with E-state index in [4.69, 9.17) is 14.2 Å². The predicted molar refractivity (Wildman–Crippen MR) is 74.5 cm³/mol. The van der Waals surface area contributed by atoms with Gasteiger partial charge in [-0.05, 0) is 18.6 Å². The summed E-state index contributed by atoms with van der Waals surface area (Å²) in [4.78, 5) is 0.378. The Balaban J connectivity index is 1.88. The Hall–Kier alpha value is -0.580. The number of para-hydroxylation sites is 1. The van der Waals surface area contributed by atoms with Crippen LogP contribution in [0, 0.1) is 6.92 Å². The Morgan fingerprint density at radius 3 is 2.72 bits per heavy atom. The molecule has 4 heteroatoms. The molecule has 0 amide bonds. The van der Waals surface area contributed by atoms with Gasteiger partial charge >= 0.3 is 0 Å². The lowest BCUT2D eigenvalue weighted by Gasteiger charge is -2.41. The summed E-state index contributed by atoms with van der Waals surface area (Å²) in [5, 5.41) is 0. The number of alkyl halides is 1. The molecule has 1 aliphatic rings. The zero-order valence-corrected chi connectivity index (χ0v) is 12.4. The normalized spacial score (nSPS) is 26.7. The van der Waals surface area contributed by atoms with Gasteiger partial charge < -0.3 is 14.2 Å². The van der Waals surface area contributed by atoms with Gasteiger partial charge in [0.1, 0.15) is 18.0 Å². The zero-order chi connectivity index (χ0) is 13.0. The van der Waals surface area contributed by atoms with Crippen molar-refractivity contribution in [1.29, 1.82) is 0 Å². The largest absolute Gasteiger partial charge is 0.487 e. The van der Waals surface area contributed by atoms with Crippen LogP contribution in [0.15, 0.2) is 24.3 Å². The number of benzene rings is 1. The Labute approximate surface area is 117 Å². The Morgan fingerprint density at radius 1 is 1.28 bits per heavy atom. The maximum Gasteiger partial charge on any atom is 0.127 e. The molecule has 0 spiro atoms. The van der Waals surface area contributed by atoms with E-state index in [1.807, 2.05) is 18.2 Å². The number of hydrogen-bond acceptors (Lipinski definition) is 3. The summed E-state index contributed by atoms with van der Waals surface area (Å²) in [6.45, 7) is 3.28. The van der Waals surface area contributed by atoms with Gasteiger partial charge in [-0.25, -0.2) is 0 Å². The fraction of sp³-hybridized carbons (Fsp3) is 0.571. The van der Waals surface area contributed by atoms with Crippen LogP contribution in [0.5, 0.6) is 5.75 Å². The summed E-state index contributed by atoms with van der Waals surface area (Å²) in [7, 11) is 1.68. The van der Waals surface area contributed by atoms with E-state index in [1.54, 1.807) is 7.11 Å². The summed E-state index contributed by atoms with van der Waals surface area (Å²) in [5.74, 6) is 0.947. The van der Waals surface area contributed by atoms with Gasteiger partial charge in [0.25, 0.3) is 0 Å². The van der Waals surface area contributed by atoms with Gasteiger partial charge in [0.2, 0.25) is 0 Å². The topological polar surface area (TPSA) is 27.7 Å². The number of aryl methyl sites for hydroxylation is 1. The number of ether oxygens (including phenoxy) is 3. The molecule has 0 bridgehead atoms.